The summed E-state index contributed by atoms with van der Waals surface area (Å²) >= 11 is 4.24. The standard InChI is InChI=1S/C12H12O3S/c1-3-14-12(13)11-10-6-8(16)4-5-9(10)7(2)15-11/h4-6,16H,3H2,1-2H3. The smallest absolute Gasteiger partial charge is 0.374 e. The first-order valence-electron chi connectivity index (χ1n) is 5.02. The molecule has 0 amide bonds. The van der Waals surface area contributed by atoms with Crippen LogP contribution in [0.5, 0.6) is 0 Å². The highest BCUT2D eigenvalue weighted by atomic mass is 32.1. The molecule has 0 aliphatic carbocycles. The summed E-state index contributed by atoms with van der Waals surface area (Å²) in [6.07, 6.45) is 0. The number of rotatable bonds is 2. The number of hydrogen-bond donors (Lipinski definition) is 1. The maximum absolute atomic E-state index is 11.6. The Balaban J connectivity index is 2.61. The zero-order chi connectivity index (χ0) is 11.7. The number of thiol groups is 1. The average Bonchev–Trinajstić information content (AvgIpc) is 2.56. The average molecular weight is 236 g/mol. The van der Waals surface area contributed by atoms with Gasteiger partial charge in [-0.3, -0.25) is 0 Å². The summed E-state index contributed by atoms with van der Waals surface area (Å²) < 4.78 is 10.4. The lowest BCUT2D eigenvalue weighted by Gasteiger charge is -1.98. The number of fused-ring (bicyclic) bond motifs is 1. The van der Waals surface area contributed by atoms with Crippen LogP contribution in [0.15, 0.2) is 27.5 Å². The number of hydrogen-bond acceptors (Lipinski definition) is 4. The lowest BCUT2D eigenvalue weighted by Crippen LogP contribution is -2.03. The molecule has 0 bridgehead atoms. The Bertz CT molecular complexity index is 542. The Labute approximate surface area is 98.8 Å². The third-order valence-corrected chi connectivity index (χ3v) is 2.62. The molecule has 0 N–H and O–H groups in total. The summed E-state index contributed by atoms with van der Waals surface area (Å²) in [5, 5.41) is 1.67. The first-order valence-corrected chi connectivity index (χ1v) is 5.47. The predicted octanol–water partition coefficient (Wildman–Crippen LogP) is 3.21. The summed E-state index contributed by atoms with van der Waals surface area (Å²) in [5.41, 5.74) is 0. The highest BCUT2D eigenvalue weighted by Crippen LogP contribution is 2.28. The molecule has 0 unspecified atom stereocenters. The van der Waals surface area contributed by atoms with Crippen LogP contribution < -0.4 is 0 Å². The molecule has 0 spiro atoms. The highest BCUT2D eigenvalue weighted by molar-refractivity contribution is 7.80. The first kappa shape index (κ1) is 11.1. The van der Waals surface area contributed by atoms with E-state index in [4.69, 9.17) is 9.15 Å². The number of furan rings is 1. The van der Waals surface area contributed by atoms with Gasteiger partial charge in [0.25, 0.3) is 0 Å². The predicted molar refractivity (Wildman–Crippen MR) is 64.2 cm³/mol. The second-order valence-corrected chi connectivity index (χ2v) is 3.95. The van der Waals surface area contributed by atoms with Crippen LogP contribution in [0, 0.1) is 6.92 Å². The maximum Gasteiger partial charge on any atom is 0.374 e. The molecule has 84 valence electrons. The van der Waals surface area contributed by atoms with Gasteiger partial charge in [0, 0.05) is 15.7 Å². The molecule has 0 saturated carbocycles. The first-order chi connectivity index (χ1) is 7.63. The zero-order valence-corrected chi connectivity index (χ0v) is 10.0. The topological polar surface area (TPSA) is 39.4 Å². The fourth-order valence-electron chi connectivity index (χ4n) is 1.64. The second-order valence-electron chi connectivity index (χ2n) is 3.44. The normalized spacial score (nSPS) is 10.7. The molecular formula is C12H12O3S. The Morgan fingerprint density at radius 3 is 2.88 bits per heavy atom. The Kier molecular flexibility index (Phi) is 2.92. The molecule has 0 aliphatic heterocycles. The van der Waals surface area contributed by atoms with Crippen LogP contribution in [0.2, 0.25) is 0 Å². The van der Waals surface area contributed by atoms with Gasteiger partial charge in [0.15, 0.2) is 0 Å². The van der Waals surface area contributed by atoms with E-state index in [1.807, 2.05) is 19.1 Å². The summed E-state index contributed by atoms with van der Waals surface area (Å²) in [4.78, 5) is 12.4. The van der Waals surface area contributed by atoms with Gasteiger partial charge in [-0.2, -0.15) is 0 Å². The Morgan fingerprint density at radius 1 is 1.44 bits per heavy atom. The van der Waals surface area contributed by atoms with Crippen LogP contribution in [0.25, 0.3) is 10.8 Å². The fourth-order valence-corrected chi connectivity index (χ4v) is 1.84. The van der Waals surface area contributed by atoms with E-state index in [9.17, 15) is 4.79 Å². The molecule has 1 aromatic carbocycles. The quantitative estimate of drug-likeness (QED) is 0.643. The van der Waals surface area contributed by atoms with Crippen LogP contribution in [0.1, 0.15) is 23.2 Å². The molecule has 16 heavy (non-hydrogen) atoms. The molecule has 1 aromatic heterocycles. The van der Waals surface area contributed by atoms with Crippen molar-refractivity contribution in [3.05, 3.63) is 29.7 Å². The number of carbonyl (C=O) groups is 1. The van der Waals surface area contributed by atoms with E-state index in [0.29, 0.717) is 12.4 Å². The SMILES string of the molecule is CCOC(=O)c1oc(C)c2ccc(S)cc12. The van der Waals surface area contributed by atoms with Gasteiger partial charge in [0.05, 0.1) is 6.61 Å². The lowest BCUT2D eigenvalue weighted by atomic mass is 10.1. The van der Waals surface area contributed by atoms with E-state index in [1.165, 1.54) is 0 Å². The van der Waals surface area contributed by atoms with Crippen LogP contribution in [0.3, 0.4) is 0 Å². The molecule has 0 aliphatic rings. The van der Waals surface area contributed by atoms with Crippen molar-refractivity contribution in [2.45, 2.75) is 18.7 Å². The Morgan fingerprint density at radius 2 is 2.19 bits per heavy atom. The number of aryl methyl sites for hydroxylation is 1. The van der Waals surface area contributed by atoms with Gasteiger partial charge in [-0.15, -0.1) is 12.6 Å². The molecule has 0 radical (unpaired) electrons. The minimum absolute atomic E-state index is 0.255. The van der Waals surface area contributed by atoms with Crippen molar-refractivity contribution in [3.63, 3.8) is 0 Å². The van der Waals surface area contributed by atoms with Crippen molar-refractivity contribution in [2.75, 3.05) is 6.61 Å². The van der Waals surface area contributed by atoms with Gasteiger partial charge in [0.1, 0.15) is 5.76 Å². The van der Waals surface area contributed by atoms with E-state index >= 15 is 0 Å². The van der Waals surface area contributed by atoms with Gasteiger partial charge < -0.3 is 9.15 Å². The van der Waals surface area contributed by atoms with Crippen LogP contribution >= 0.6 is 12.6 Å². The lowest BCUT2D eigenvalue weighted by molar-refractivity contribution is 0.0491. The van der Waals surface area contributed by atoms with E-state index in [2.05, 4.69) is 12.6 Å². The van der Waals surface area contributed by atoms with Crippen molar-refractivity contribution in [1.29, 1.82) is 0 Å². The molecule has 1 heterocycles. The number of esters is 1. The van der Waals surface area contributed by atoms with Gasteiger partial charge >= 0.3 is 5.97 Å². The van der Waals surface area contributed by atoms with Crippen LogP contribution in [-0.2, 0) is 4.74 Å². The maximum atomic E-state index is 11.6. The minimum atomic E-state index is -0.431. The molecule has 2 aromatic rings. The van der Waals surface area contributed by atoms with E-state index in [0.717, 1.165) is 15.7 Å². The van der Waals surface area contributed by atoms with Gasteiger partial charge in [-0.25, -0.2) is 4.79 Å². The van der Waals surface area contributed by atoms with Crippen molar-refractivity contribution in [1.82, 2.24) is 0 Å². The largest absolute Gasteiger partial charge is 0.460 e. The summed E-state index contributed by atoms with van der Waals surface area (Å²) in [7, 11) is 0. The summed E-state index contributed by atoms with van der Waals surface area (Å²) in [6.45, 7) is 3.92. The second kappa shape index (κ2) is 4.22. The third-order valence-electron chi connectivity index (χ3n) is 2.34. The van der Waals surface area contributed by atoms with E-state index in [1.54, 1.807) is 13.0 Å². The third kappa shape index (κ3) is 1.80. The van der Waals surface area contributed by atoms with Crippen molar-refractivity contribution in [2.24, 2.45) is 0 Å². The monoisotopic (exact) mass is 236 g/mol. The van der Waals surface area contributed by atoms with Crippen molar-refractivity contribution in [3.8, 4) is 0 Å². The number of ether oxygens (including phenoxy) is 1. The van der Waals surface area contributed by atoms with Crippen molar-refractivity contribution >= 4 is 29.4 Å². The molecule has 0 fully saturated rings. The van der Waals surface area contributed by atoms with E-state index in [-0.39, 0.29) is 5.76 Å². The van der Waals surface area contributed by atoms with Gasteiger partial charge in [-0.1, -0.05) is 0 Å². The van der Waals surface area contributed by atoms with Gasteiger partial charge in [-0.05, 0) is 32.0 Å². The molecule has 2 rings (SSSR count). The summed E-state index contributed by atoms with van der Waals surface area (Å²) in [6, 6.07) is 5.56. The molecular weight excluding hydrogens is 224 g/mol. The van der Waals surface area contributed by atoms with E-state index < -0.39 is 5.97 Å². The van der Waals surface area contributed by atoms with Crippen LogP contribution in [0.4, 0.5) is 0 Å². The number of carbonyl (C=O) groups excluding carboxylic acids is 1. The molecule has 3 nitrogen and oxygen atoms in total. The van der Waals surface area contributed by atoms with Gasteiger partial charge in [0.2, 0.25) is 5.76 Å². The number of benzene rings is 1. The fraction of sp³-hybridized carbons (Fsp3) is 0.250. The Hall–Kier alpha value is -1.42. The molecule has 4 heteroatoms. The molecule has 0 saturated heterocycles. The zero-order valence-electron chi connectivity index (χ0n) is 9.11. The summed E-state index contributed by atoms with van der Waals surface area (Å²) in [5.74, 6) is 0.538. The van der Waals surface area contributed by atoms with Crippen molar-refractivity contribution < 1.29 is 13.9 Å². The highest BCUT2D eigenvalue weighted by Gasteiger charge is 2.18. The van der Waals surface area contributed by atoms with Crippen LogP contribution in [-0.4, -0.2) is 12.6 Å². The minimum Gasteiger partial charge on any atom is -0.460 e. The molecule has 0 atom stereocenters.